The molecule has 1 rings (SSSR count). The van der Waals surface area contributed by atoms with Crippen LogP contribution in [0, 0.1) is 0 Å². The number of halogens is 1. The average Bonchev–Trinajstić information content (AvgIpc) is 1.87. The molecule has 1 aliphatic heterocycles. The van der Waals surface area contributed by atoms with Gasteiger partial charge in [0.05, 0.1) is 0 Å². The Morgan fingerprint density at radius 2 is 2.00 bits per heavy atom. The van der Waals surface area contributed by atoms with Crippen molar-refractivity contribution in [1.82, 2.24) is 0 Å². The molecule has 0 aromatic heterocycles. The van der Waals surface area contributed by atoms with Crippen LogP contribution >= 0.6 is 11.6 Å². The summed E-state index contributed by atoms with van der Waals surface area (Å²) in [6.45, 7) is 0.855. The second-order valence-electron chi connectivity index (χ2n) is 2.06. The van der Waals surface area contributed by atoms with Crippen LogP contribution in [0.25, 0.3) is 0 Å². The maximum absolute atomic E-state index is 8.56. The van der Waals surface area contributed by atoms with Crippen LogP contribution in [0.2, 0.25) is 0 Å². The van der Waals surface area contributed by atoms with Gasteiger partial charge in [-0.1, -0.05) is 11.6 Å². The number of hydrogen-bond donors (Lipinski definition) is 2. The summed E-state index contributed by atoms with van der Waals surface area (Å²) in [7, 11) is 0. The Labute approximate surface area is 69.7 Å². The highest BCUT2D eigenvalue weighted by Crippen LogP contribution is 2.14. The smallest absolute Gasteiger partial charge is 0.450 e. The second-order valence-corrected chi connectivity index (χ2v) is 2.55. The second kappa shape index (κ2) is 6.24. The molecule has 1 unspecified atom stereocenters. The summed E-state index contributed by atoms with van der Waals surface area (Å²) in [5, 5.41) is 13.9. The van der Waals surface area contributed by atoms with E-state index in [0.29, 0.717) is 0 Å². The Morgan fingerprint density at radius 3 is 2.18 bits per heavy atom. The van der Waals surface area contributed by atoms with E-state index in [9.17, 15) is 0 Å². The molecule has 0 spiro atoms. The maximum Gasteiger partial charge on any atom is 0.503 e. The van der Waals surface area contributed by atoms with Crippen LogP contribution < -0.4 is 0 Å². The van der Waals surface area contributed by atoms with Crippen LogP contribution in [0.3, 0.4) is 0 Å². The molecule has 0 aliphatic carbocycles. The lowest BCUT2D eigenvalue weighted by Crippen LogP contribution is -2.11. The lowest BCUT2D eigenvalue weighted by molar-refractivity contribution is 0.0679. The molecule has 66 valence electrons. The first-order chi connectivity index (χ1) is 5.13. The van der Waals surface area contributed by atoms with Crippen molar-refractivity contribution in [3.63, 3.8) is 0 Å². The van der Waals surface area contributed by atoms with Gasteiger partial charge in [0.2, 0.25) is 0 Å². The van der Waals surface area contributed by atoms with Crippen molar-refractivity contribution in [2.75, 3.05) is 6.61 Å². The van der Waals surface area contributed by atoms with Crippen LogP contribution in [0.15, 0.2) is 0 Å². The van der Waals surface area contributed by atoms with Gasteiger partial charge in [-0.2, -0.15) is 0 Å². The molecule has 4 nitrogen and oxygen atoms in total. The van der Waals surface area contributed by atoms with E-state index in [1.54, 1.807) is 0 Å². The highest BCUT2D eigenvalue weighted by Gasteiger charge is 2.08. The standard InChI is InChI=1S/C5H9ClO.CH2O3/c6-5-3-1-2-4-7-5;2-1(3)4/h5H,1-4H2;(H2,2,3,4). The Morgan fingerprint density at radius 1 is 1.45 bits per heavy atom. The number of ether oxygens (including phenoxy) is 1. The van der Waals surface area contributed by atoms with Gasteiger partial charge in [0.15, 0.2) is 0 Å². The lowest BCUT2D eigenvalue weighted by Gasteiger charge is -2.15. The van der Waals surface area contributed by atoms with Crippen molar-refractivity contribution in [2.24, 2.45) is 0 Å². The van der Waals surface area contributed by atoms with E-state index in [0.717, 1.165) is 13.0 Å². The lowest BCUT2D eigenvalue weighted by atomic mass is 10.2. The van der Waals surface area contributed by atoms with Crippen LogP contribution in [-0.2, 0) is 4.74 Å². The molecule has 1 saturated heterocycles. The van der Waals surface area contributed by atoms with Gasteiger partial charge in [0.25, 0.3) is 0 Å². The maximum atomic E-state index is 8.56. The average molecular weight is 183 g/mol. The SMILES string of the molecule is ClC1CCCCO1.O=C(O)O. The zero-order valence-electron chi connectivity index (χ0n) is 5.99. The predicted molar refractivity (Wildman–Crippen MR) is 40.1 cm³/mol. The van der Waals surface area contributed by atoms with Gasteiger partial charge in [-0.25, -0.2) is 4.79 Å². The molecule has 0 saturated carbocycles. The summed E-state index contributed by atoms with van der Waals surface area (Å²) in [6, 6.07) is 0. The van der Waals surface area contributed by atoms with Crippen LogP contribution in [0.5, 0.6) is 0 Å². The van der Waals surface area contributed by atoms with Crippen molar-refractivity contribution in [2.45, 2.75) is 24.8 Å². The summed E-state index contributed by atoms with van der Waals surface area (Å²) >= 11 is 5.59. The van der Waals surface area contributed by atoms with Gasteiger partial charge in [-0.3, -0.25) is 0 Å². The van der Waals surface area contributed by atoms with Gasteiger partial charge >= 0.3 is 6.16 Å². The van der Waals surface area contributed by atoms with Crippen molar-refractivity contribution in [3.05, 3.63) is 0 Å². The van der Waals surface area contributed by atoms with Crippen molar-refractivity contribution >= 4 is 17.8 Å². The van der Waals surface area contributed by atoms with Gasteiger partial charge in [0.1, 0.15) is 5.56 Å². The molecule has 11 heavy (non-hydrogen) atoms. The molecular formula is C6H11ClO4. The minimum absolute atomic E-state index is 0.00810. The number of hydrogen-bond acceptors (Lipinski definition) is 2. The molecule has 0 aromatic carbocycles. The normalized spacial score (nSPS) is 23.2. The third kappa shape index (κ3) is 9.52. The summed E-state index contributed by atoms with van der Waals surface area (Å²) in [5.41, 5.74) is 0.00810. The third-order valence-electron chi connectivity index (χ3n) is 1.12. The van der Waals surface area contributed by atoms with E-state index < -0.39 is 6.16 Å². The number of carboxylic acid groups (broad SMARTS) is 2. The summed E-state index contributed by atoms with van der Waals surface area (Å²) in [4.78, 5) is 8.56. The van der Waals surface area contributed by atoms with E-state index in [1.807, 2.05) is 0 Å². The zero-order valence-corrected chi connectivity index (χ0v) is 6.75. The minimum atomic E-state index is -1.83. The van der Waals surface area contributed by atoms with Crippen molar-refractivity contribution in [1.29, 1.82) is 0 Å². The van der Waals surface area contributed by atoms with Crippen LogP contribution in [0.4, 0.5) is 4.79 Å². The fourth-order valence-corrected chi connectivity index (χ4v) is 0.945. The first kappa shape index (κ1) is 10.5. The summed E-state index contributed by atoms with van der Waals surface area (Å²) in [6.07, 6.45) is 1.61. The van der Waals surface area contributed by atoms with E-state index >= 15 is 0 Å². The topological polar surface area (TPSA) is 66.8 Å². The van der Waals surface area contributed by atoms with Crippen LogP contribution in [0.1, 0.15) is 19.3 Å². The van der Waals surface area contributed by atoms with E-state index in [-0.39, 0.29) is 5.56 Å². The van der Waals surface area contributed by atoms with E-state index in [1.165, 1.54) is 12.8 Å². The monoisotopic (exact) mass is 182 g/mol. The predicted octanol–water partition coefficient (Wildman–Crippen LogP) is 1.97. The highest BCUT2D eigenvalue weighted by atomic mass is 35.5. The molecule has 2 N–H and O–H groups in total. The first-order valence-electron chi connectivity index (χ1n) is 3.30. The number of alkyl halides is 1. The van der Waals surface area contributed by atoms with E-state index in [2.05, 4.69) is 0 Å². The van der Waals surface area contributed by atoms with Gasteiger partial charge in [0, 0.05) is 6.61 Å². The van der Waals surface area contributed by atoms with Crippen molar-refractivity contribution in [3.8, 4) is 0 Å². The quantitative estimate of drug-likeness (QED) is 0.562. The Bertz CT molecular complexity index is 107. The fraction of sp³-hybridized carbons (Fsp3) is 0.833. The first-order valence-corrected chi connectivity index (χ1v) is 3.74. The molecule has 0 amide bonds. The molecule has 1 heterocycles. The Kier molecular flexibility index (Phi) is 5.97. The largest absolute Gasteiger partial charge is 0.503 e. The molecule has 5 heteroatoms. The van der Waals surface area contributed by atoms with Gasteiger partial charge in [-0.15, -0.1) is 0 Å². The highest BCUT2D eigenvalue weighted by molar-refractivity contribution is 6.19. The zero-order chi connectivity index (χ0) is 8.69. The number of rotatable bonds is 0. The molecular weight excluding hydrogens is 172 g/mol. The molecule has 1 atom stereocenters. The van der Waals surface area contributed by atoms with Gasteiger partial charge in [-0.05, 0) is 19.3 Å². The molecule has 0 radical (unpaired) electrons. The van der Waals surface area contributed by atoms with Crippen molar-refractivity contribution < 1.29 is 19.7 Å². The van der Waals surface area contributed by atoms with E-state index in [4.69, 9.17) is 31.3 Å². The minimum Gasteiger partial charge on any atom is -0.450 e. The van der Waals surface area contributed by atoms with Gasteiger partial charge < -0.3 is 14.9 Å². The molecule has 0 aromatic rings. The van der Waals surface area contributed by atoms with Crippen LogP contribution in [-0.4, -0.2) is 28.5 Å². The summed E-state index contributed by atoms with van der Waals surface area (Å²) < 4.78 is 5.04. The molecule has 1 aliphatic rings. The molecule has 0 bridgehead atoms. The number of carbonyl (C=O) groups is 1. The third-order valence-corrected chi connectivity index (χ3v) is 1.47. The Hall–Kier alpha value is -0.480. The Balaban J connectivity index is 0.000000218. The molecule has 1 fully saturated rings. The summed E-state index contributed by atoms with van der Waals surface area (Å²) in [5.74, 6) is 0. The fourth-order valence-electron chi connectivity index (χ4n) is 0.701.